The average Bonchev–Trinajstić information content (AvgIpc) is 2.99. The number of hydrogen-bond donors (Lipinski definition) is 2. The first-order valence-electron chi connectivity index (χ1n) is 14.7. The molecule has 3 rings (SSSR count). The van der Waals surface area contributed by atoms with E-state index < -0.39 is 5.60 Å². The fourth-order valence-corrected chi connectivity index (χ4v) is 4.41. The molecule has 0 aliphatic heterocycles. The fourth-order valence-electron chi connectivity index (χ4n) is 4.41. The number of aromatic nitrogens is 2. The van der Waals surface area contributed by atoms with Gasteiger partial charge in [-0.3, -0.25) is 14.7 Å². The molecule has 0 saturated heterocycles. The molecule has 0 aliphatic carbocycles. The maximum Gasteiger partial charge on any atom is 0.410 e. The summed E-state index contributed by atoms with van der Waals surface area (Å²) in [4.78, 5) is 39.1. The molecular weight excluding hydrogens is 556 g/mol. The zero-order valence-electron chi connectivity index (χ0n) is 26.9. The van der Waals surface area contributed by atoms with Crippen LogP contribution in [-0.4, -0.2) is 73.1 Å². The number of benzene rings is 2. The number of carbonyl (C=O) groups is 2. The molecule has 3 N–H and O–H groups in total. The molecule has 11 heteroatoms. The lowest BCUT2D eigenvalue weighted by molar-refractivity contribution is 0.0251. The van der Waals surface area contributed by atoms with Crippen LogP contribution in [0, 0.1) is 0 Å². The second-order valence-electron chi connectivity index (χ2n) is 11.7. The molecule has 0 atom stereocenters. The number of carbonyl (C=O) groups excluding carboxylic acids is 2. The lowest BCUT2D eigenvalue weighted by atomic mass is 10.2. The van der Waals surface area contributed by atoms with Crippen molar-refractivity contribution in [1.29, 1.82) is 0 Å². The topological polar surface area (TPSA) is 120 Å². The van der Waals surface area contributed by atoms with E-state index in [-0.39, 0.29) is 6.09 Å². The SMILES string of the molecule is CCNc1ncc(C=O)c(N(C)CCN(C)c2cccc(N(N)/C=C(\C)CN(Cc3ccccc3)C(=O)OC(C)(C)C)c2)n1. The molecule has 0 unspecified atom stereocenters. The van der Waals surface area contributed by atoms with Gasteiger partial charge in [-0.25, -0.2) is 15.6 Å². The minimum absolute atomic E-state index is 0.352. The highest BCUT2D eigenvalue weighted by Gasteiger charge is 2.23. The third kappa shape index (κ3) is 10.3. The van der Waals surface area contributed by atoms with Crippen LogP contribution in [0.2, 0.25) is 0 Å². The Kier molecular flexibility index (Phi) is 12.1. The van der Waals surface area contributed by atoms with Crippen LogP contribution in [0.3, 0.4) is 0 Å². The highest BCUT2D eigenvalue weighted by molar-refractivity contribution is 5.82. The highest BCUT2D eigenvalue weighted by Crippen LogP contribution is 2.22. The monoisotopic (exact) mass is 602 g/mol. The first kappa shape index (κ1) is 33.9. The minimum Gasteiger partial charge on any atom is -0.444 e. The van der Waals surface area contributed by atoms with Crippen LogP contribution in [0.5, 0.6) is 0 Å². The van der Waals surface area contributed by atoms with E-state index in [1.165, 1.54) is 6.20 Å². The van der Waals surface area contributed by atoms with Crippen LogP contribution < -0.4 is 26.0 Å². The lowest BCUT2D eigenvalue weighted by Gasteiger charge is -2.28. The number of nitrogens with two attached hydrogens (primary N) is 1. The molecule has 3 aromatic rings. The normalized spacial score (nSPS) is 11.5. The van der Waals surface area contributed by atoms with Gasteiger partial charge in [0, 0.05) is 64.9 Å². The van der Waals surface area contributed by atoms with Crippen molar-refractivity contribution in [3.05, 3.63) is 83.7 Å². The van der Waals surface area contributed by atoms with Crippen LogP contribution in [0.25, 0.3) is 0 Å². The van der Waals surface area contributed by atoms with E-state index in [4.69, 9.17) is 10.6 Å². The number of rotatable bonds is 14. The maximum absolute atomic E-state index is 13.1. The minimum atomic E-state index is -0.606. The van der Waals surface area contributed by atoms with Crippen LogP contribution >= 0.6 is 0 Å². The van der Waals surface area contributed by atoms with Crippen LogP contribution in [0.15, 0.2) is 72.6 Å². The zero-order valence-corrected chi connectivity index (χ0v) is 26.9. The molecule has 1 amide bonds. The number of ether oxygens (including phenoxy) is 1. The van der Waals surface area contributed by atoms with Crippen LogP contribution in [-0.2, 0) is 11.3 Å². The number of hydrazine groups is 1. The van der Waals surface area contributed by atoms with Gasteiger partial charge in [0.05, 0.1) is 11.3 Å². The molecule has 1 aromatic heterocycles. The number of anilines is 4. The number of amides is 1. The van der Waals surface area contributed by atoms with Gasteiger partial charge in [0.15, 0.2) is 6.29 Å². The second-order valence-corrected chi connectivity index (χ2v) is 11.7. The summed E-state index contributed by atoms with van der Waals surface area (Å²) < 4.78 is 5.68. The Hall–Kier alpha value is -4.64. The van der Waals surface area contributed by atoms with Gasteiger partial charge in [-0.05, 0) is 64.0 Å². The molecule has 44 heavy (non-hydrogen) atoms. The van der Waals surface area contributed by atoms with Crippen molar-refractivity contribution in [3.63, 3.8) is 0 Å². The summed E-state index contributed by atoms with van der Waals surface area (Å²) in [6, 6.07) is 17.7. The van der Waals surface area contributed by atoms with Crippen LogP contribution in [0.1, 0.15) is 50.5 Å². The van der Waals surface area contributed by atoms with Crippen LogP contribution in [0.4, 0.5) is 27.9 Å². The lowest BCUT2D eigenvalue weighted by Crippen LogP contribution is -2.38. The number of hydrogen-bond acceptors (Lipinski definition) is 10. The van der Waals surface area contributed by atoms with E-state index in [0.717, 1.165) is 28.8 Å². The van der Waals surface area contributed by atoms with E-state index in [9.17, 15) is 9.59 Å². The number of aldehydes is 1. The van der Waals surface area contributed by atoms with Gasteiger partial charge >= 0.3 is 6.09 Å². The number of nitrogens with zero attached hydrogens (tertiary/aromatic N) is 6. The molecule has 2 aromatic carbocycles. The molecule has 0 radical (unpaired) electrons. The summed E-state index contributed by atoms with van der Waals surface area (Å²) in [6.07, 6.45) is 3.75. The van der Waals surface area contributed by atoms with Gasteiger partial charge in [0.1, 0.15) is 11.4 Å². The Balaban J connectivity index is 1.69. The largest absolute Gasteiger partial charge is 0.444 e. The summed E-state index contributed by atoms with van der Waals surface area (Å²) in [5.41, 5.74) is 3.51. The molecule has 0 aliphatic rings. The van der Waals surface area contributed by atoms with E-state index in [1.807, 2.05) is 114 Å². The van der Waals surface area contributed by atoms with Gasteiger partial charge in [0.2, 0.25) is 5.95 Å². The molecule has 11 nitrogen and oxygen atoms in total. The smallest absolute Gasteiger partial charge is 0.410 e. The molecule has 0 saturated carbocycles. The van der Waals surface area contributed by atoms with Crippen molar-refractivity contribution in [2.75, 3.05) is 60.4 Å². The van der Waals surface area contributed by atoms with Crippen molar-refractivity contribution in [2.24, 2.45) is 5.84 Å². The Morgan fingerprint density at radius 2 is 1.70 bits per heavy atom. The van der Waals surface area contributed by atoms with E-state index in [1.54, 1.807) is 9.91 Å². The fraction of sp³-hybridized carbons (Fsp3) is 0.394. The highest BCUT2D eigenvalue weighted by atomic mass is 16.6. The van der Waals surface area contributed by atoms with E-state index in [2.05, 4.69) is 20.2 Å². The van der Waals surface area contributed by atoms with E-state index in [0.29, 0.717) is 50.1 Å². The zero-order chi connectivity index (χ0) is 32.3. The first-order chi connectivity index (χ1) is 20.9. The number of nitrogens with one attached hydrogen (secondary N) is 1. The molecule has 0 bridgehead atoms. The van der Waals surface area contributed by atoms with E-state index >= 15 is 0 Å². The quantitative estimate of drug-likeness (QED) is 0.143. The molecule has 236 valence electrons. The Labute approximate surface area is 261 Å². The van der Waals surface area contributed by atoms with Crippen molar-refractivity contribution < 1.29 is 14.3 Å². The van der Waals surface area contributed by atoms with Crippen molar-refractivity contribution in [2.45, 2.75) is 46.8 Å². The second kappa shape index (κ2) is 15.7. The standard InChI is InChI=1S/C33H46N8O3/c1-8-35-31-36-20-27(24-42)30(37-31)39(7)18-17-38(6)28-15-12-16-29(19-28)41(34)22-25(2)21-40(32(43)44-33(3,4)5)23-26-13-10-9-11-14-26/h9-16,19-20,22,24H,8,17-18,21,23,34H2,1-7H3,(H,35,36,37)/b25-22+. The van der Waals surface area contributed by atoms with Crippen molar-refractivity contribution in [1.82, 2.24) is 14.9 Å². The molecule has 0 spiro atoms. The first-order valence-corrected chi connectivity index (χ1v) is 14.7. The predicted octanol–water partition coefficient (Wildman–Crippen LogP) is 5.31. The average molecular weight is 603 g/mol. The Bertz CT molecular complexity index is 1410. The third-order valence-corrected chi connectivity index (χ3v) is 6.63. The van der Waals surface area contributed by atoms with Gasteiger partial charge in [-0.2, -0.15) is 4.98 Å². The summed E-state index contributed by atoms with van der Waals surface area (Å²) in [7, 11) is 3.91. The Morgan fingerprint density at radius 3 is 2.36 bits per heavy atom. The number of likely N-dealkylation sites (N-methyl/N-ethyl adjacent to an activating group) is 2. The third-order valence-electron chi connectivity index (χ3n) is 6.63. The maximum atomic E-state index is 13.1. The molecule has 0 fully saturated rings. The summed E-state index contributed by atoms with van der Waals surface area (Å²) >= 11 is 0. The van der Waals surface area contributed by atoms with Crippen molar-refractivity contribution >= 4 is 35.5 Å². The Morgan fingerprint density at radius 1 is 1.02 bits per heavy atom. The molecular formula is C33H46N8O3. The predicted molar refractivity (Wildman–Crippen MR) is 178 cm³/mol. The summed E-state index contributed by atoms with van der Waals surface area (Å²) in [5.74, 6) is 7.55. The van der Waals surface area contributed by atoms with Gasteiger partial charge in [-0.15, -0.1) is 0 Å². The summed E-state index contributed by atoms with van der Waals surface area (Å²) in [5, 5.41) is 4.65. The summed E-state index contributed by atoms with van der Waals surface area (Å²) in [6.45, 7) is 12.2. The van der Waals surface area contributed by atoms with Gasteiger partial charge < -0.3 is 19.9 Å². The molecule has 1 heterocycles. The van der Waals surface area contributed by atoms with Gasteiger partial charge in [0.25, 0.3) is 0 Å². The van der Waals surface area contributed by atoms with Gasteiger partial charge in [-0.1, -0.05) is 36.4 Å². The van der Waals surface area contributed by atoms with Crippen molar-refractivity contribution in [3.8, 4) is 0 Å².